The summed E-state index contributed by atoms with van der Waals surface area (Å²) < 4.78 is 0. The number of amides is 2. The van der Waals surface area contributed by atoms with Crippen LogP contribution in [0.2, 0.25) is 0 Å². The zero-order chi connectivity index (χ0) is 15.7. The Labute approximate surface area is 123 Å². The summed E-state index contributed by atoms with van der Waals surface area (Å²) in [6, 6.07) is 8.53. The lowest BCUT2D eigenvalue weighted by molar-refractivity contribution is -0.141. The first kappa shape index (κ1) is 16.5. The Balaban J connectivity index is 2.46. The van der Waals surface area contributed by atoms with Crippen LogP contribution in [0.1, 0.15) is 25.3 Å². The summed E-state index contributed by atoms with van der Waals surface area (Å²) in [5.74, 6) is -1.48. The Morgan fingerprint density at radius 2 is 2.00 bits per heavy atom. The van der Waals surface area contributed by atoms with Gasteiger partial charge in [-0.2, -0.15) is 5.26 Å². The molecule has 1 atom stereocenters. The number of benzene rings is 1. The van der Waals surface area contributed by atoms with Gasteiger partial charge in [-0.05, 0) is 24.1 Å². The lowest BCUT2D eigenvalue weighted by Gasteiger charge is -2.13. The second-order valence-corrected chi connectivity index (χ2v) is 4.69. The average molecular weight is 289 g/mol. The van der Waals surface area contributed by atoms with Gasteiger partial charge in [0.25, 0.3) is 0 Å². The fourth-order valence-electron chi connectivity index (χ4n) is 1.85. The minimum absolute atomic E-state index is 0.0987. The third-order valence-corrected chi connectivity index (χ3v) is 2.99. The number of nitrogens with one attached hydrogen (secondary N) is 2. The second kappa shape index (κ2) is 8.59. The minimum Gasteiger partial charge on any atom is -0.481 e. The van der Waals surface area contributed by atoms with E-state index in [0.29, 0.717) is 18.5 Å². The van der Waals surface area contributed by atoms with Crippen molar-refractivity contribution in [1.82, 2.24) is 5.32 Å². The van der Waals surface area contributed by atoms with E-state index in [4.69, 9.17) is 10.4 Å². The number of aliphatic carboxylic acids is 1. The van der Waals surface area contributed by atoms with Crippen LogP contribution in [0.5, 0.6) is 0 Å². The van der Waals surface area contributed by atoms with E-state index in [-0.39, 0.29) is 6.54 Å². The lowest BCUT2D eigenvalue weighted by Crippen LogP contribution is -2.35. The molecular formula is C15H19N3O3. The molecule has 1 unspecified atom stereocenters. The molecule has 0 saturated heterocycles. The Morgan fingerprint density at radius 1 is 1.33 bits per heavy atom. The molecule has 1 aromatic rings. The van der Waals surface area contributed by atoms with E-state index in [0.717, 1.165) is 12.0 Å². The van der Waals surface area contributed by atoms with Crippen LogP contribution in [-0.2, 0) is 11.2 Å². The smallest absolute Gasteiger partial charge is 0.319 e. The first-order chi connectivity index (χ1) is 10.1. The number of hydrogen-bond donors (Lipinski definition) is 3. The summed E-state index contributed by atoms with van der Waals surface area (Å²) in [7, 11) is 0. The summed E-state index contributed by atoms with van der Waals surface area (Å²) in [5.41, 5.74) is 1.47. The number of hydrogen-bond acceptors (Lipinski definition) is 3. The largest absolute Gasteiger partial charge is 0.481 e. The van der Waals surface area contributed by atoms with Crippen LogP contribution in [-0.4, -0.2) is 23.7 Å². The Kier molecular flexibility index (Phi) is 6.75. The molecule has 0 heterocycles. The van der Waals surface area contributed by atoms with E-state index < -0.39 is 17.9 Å². The number of carboxylic acids is 1. The number of carbonyl (C=O) groups excluding carboxylic acids is 1. The van der Waals surface area contributed by atoms with Gasteiger partial charge < -0.3 is 15.7 Å². The molecule has 0 saturated carbocycles. The van der Waals surface area contributed by atoms with Gasteiger partial charge in [-0.1, -0.05) is 25.5 Å². The summed E-state index contributed by atoms with van der Waals surface area (Å²) in [4.78, 5) is 22.6. The van der Waals surface area contributed by atoms with Crippen molar-refractivity contribution in [2.45, 2.75) is 26.2 Å². The van der Waals surface area contributed by atoms with E-state index >= 15 is 0 Å². The molecular weight excluding hydrogens is 270 g/mol. The molecule has 0 aromatic heterocycles. The van der Waals surface area contributed by atoms with E-state index in [1.54, 1.807) is 24.3 Å². The van der Waals surface area contributed by atoms with Gasteiger partial charge in [0.05, 0.1) is 18.4 Å². The number of urea groups is 1. The molecule has 1 rings (SSSR count). The van der Waals surface area contributed by atoms with Gasteiger partial charge in [-0.15, -0.1) is 0 Å². The molecule has 0 fully saturated rings. The molecule has 112 valence electrons. The predicted molar refractivity (Wildman–Crippen MR) is 78.8 cm³/mol. The van der Waals surface area contributed by atoms with E-state index in [1.165, 1.54) is 0 Å². The maximum atomic E-state index is 11.7. The van der Waals surface area contributed by atoms with Gasteiger partial charge in [0.15, 0.2) is 0 Å². The maximum absolute atomic E-state index is 11.7. The zero-order valence-electron chi connectivity index (χ0n) is 11.9. The monoisotopic (exact) mass is 289 g/mol. The Morgan fingerprint density at radius 3 is 2.52 bits per heavy atom. The standard InChI is InChI=1S/C15H19N3O3/c1-2-3-12(14(19)20)10-17-15(21)18-13-6-4-11(5-7-13)8-9-16/h4-7,12H,2-3,8,10H2,1H3,(H,19,20)(H2,17,18,21). The van der Waals surface area contributed by atoms with Crippen LogP contribution in [0.15, 0.2) is 24.3 Å². The number of nitriles is 1. The van der Waals surface area contributed by atoms with Gasteiger partial charge in [-0.25, -0.2) is 4.79 Å². The molecule has 3 N–H and O–H groups in total. The molecule has 0 aliphatic rings. The van der Waals surface area contributed by atoms with E-state index in [2.05, 4.69) is 10.6 Å². The molecule has 21 heavy (non-hydrogen) atoms. The lowest BCUT2D eigenvalue weighted by atomic mass is 10.0. The van der Waals surface area contributed by atoms with Crippen molar-refractivity contribution < 1.29 is 14.7 Å². The highest BCUT2D eigenvalue weighted by Gasteiger charge is 2.17. The number of carboxylic acid groups (broad SMARTS) is 1. The van der Waals surface area contributed by atoms with Crippen molar-refractivity contribution in [2.24, 2.45) is 5.92 Å². The van der Waals surface area contributed by atoms with Gasteiger partial charge in [0.2, 0.25) is 0 Å². The highest BCUT2D eigenvalue weighted by Crippen LogP contribution is 2.10. The molecule has 6 nitrogen and oxygen atoms in total. The number of carbonyl (C=O) groups is 2. The highest BCUT2D eigenvalue weighted by molar-refractivity contribution is 5.89. The zero-order valence-corrected chi connectivity index (χ0v) is 11.9. The minimum atomic E-state index is -0.905. The Hall–Kier alpha value is -2.55. The average Bonchev–Trinajstić information content (AvgIpc) is 2.45. The third-order valence-electron chi connectivity index (χ3n) is 2.99. The predicted octanol–water partition coefficient (Wildman–Crippen LogP) is 2.38. The van der Waals surface area contributed by atoms with Crippen molar-refractivity contribution in [3.63, 3.8) is 0 Å². The van der Waals surface area contributed by atoms with Crippen LogP contribution >= 0.6 is 0 Å². The van der Waals surface area contributed by atoms with Gasteiger partial charge >= 0.3 is 12.0 Å². The molecule has 0 radical (unpaired) electrons. The van der Waals surface area contributed by atoms with Crippen molar-refractivity contribution in [3.05, 3.63) is 29.8 Å². The van der Waals surface area contributed by atoms with E-state index in [9.17, 15) is 9.59 Å². The van der Waals surface area contributed by atoms with Crippen LogP contribution in [0.3, 0.4) is 0 Å². The quantitative estimate of drug-likeness (QED) is 0.717. The van der Waals surface area contributed by atoms with Crippen molar-refractivity contribution in [1.29, 1.82) is 5.26 Å². The van der Waals surface area contributed by atoms with Crippen LogP contribution in [0.4, 0.5) is 10.5 Å². The number of rotatable bonds is 7. The molecule has 0 aliphatic carbocycles. The highest BCUT2D eigenvalue weighted by atomic mass is 16.4. The number of anilines is 1. The fraction of sp³-hybridized carbons (Fsp3) is 0.400. The van der Waals surface area contributed by atoms with E-state index in [1.807, 2.05) is 13.0 Å². The molecule has 2 amide bonds. The van der Waals surface area contributed by atoms with Crippen molar-refractivity contribution >= 4 is 17.7 Å². The summed E-state index contributed by atoms with van der Waals surface area (Å²) in [6.07, 6.45) is 1.60. The van der Waals surface area contributed by atoms with Crippen LogP contribution < -0.4 is 10.6 Å². The van der Waals surface area contributed by atoms with Crippen LogP contribution in [0, 0.1) is 17.2 Å². The topological polar surface area (TPSA) is 102 Å². The molecule has 6 heteroatoms. The van der Waals surface area contributed by atoms with Crippen molar-refractivity contribution in [3.8, 4) is 6.07 Å². The first-order valence-corrected chi connectivity index (χ1v) is 6.80. The fourth-order valence-corrected chi connectivity index (χ4v) is 1.85. The summed E-state index contributed by atoms with van der Waals surface area (Å²) in [6.45, 7) is 2.00. The normalized spacial score (nSPS) is 11.2. The second-order valence-electron chi connectivity index (χ2n) is 4.69. The van der Waals surface area contributed by atoms with Crippen LogP contribution in [0.25, 0.3) is 0 Å². The molecule has 0 aliphatic heterocycles. The summed E-state index contributed by atoms with van der Waals surface area (Å²) in [5, 5.41) is 22.7. The third kappa shape index (κ3) is 5.95. The maximum Gasteiger partial charge on any atom is 0.319 e. The Bertz CT molecular complexity index is 520. The SMILES string of the molecule is CCCC(CNC(=O)Nc1ccc(CC#N)cc1)C(=O)O. The van der Waals surface area contributed by atoms with Gasteiger partial charge in [-0.3, -0.25) is 4.79 Å². The van der Waals surface area contributed by atoms with Gasteiger partial charge in [0, 0.05) is 12.2 Å². The summed E-state index contributed by atoms with van der Waals surface area (Å²) >= 11 is 0. The van der Waals surface area contributed by atoms with Gasteiger partial charge in [0.1, 0.15) is 0 Å². The molecule has 0 spiro atoms. The molecule has 0 bridgehead atoms. The first-order valence-electron chi connectivity index (χ1n) is 6.80. The number of nitrogens with zero attached hydrogens (tertiary/aromatic N) is 1. The van der Waals surface area contributed by atoms with Crippen molar-refractivity contribution in [2.75, 3.05) is 11.9 Å². The molecule has 1 aromatic carbocycles.